The first-order chi connectivity index (χ1) is 11.1. The smallest absolute Gasteiger partial charge is 0.0390 e. The van der Waals surface area contributed by atoms with Crippen molar-refractivity contribution in [3.8, 4) is 0 Å². The molecule has 0 aliphatic heterocycles. The molecule has 0 bridgehead atoms. The second-order valence-corrected chi connectivity index (χ2v) is 9.15. The predicted molar refractivity (Wildman–Crippen MR) is 109 cm³/mol. The van der Waals surface area contributed by atoms with Gasteiger partial charge < -0.3 is 0 Å². The second kappa shape index (κ2) is 17.1. The molecule has 0 fully saturated rings. The van der Waals surface area contributed by atoms with Crippen LogP contribution in [0, 0.1) is 0 Å². The van der Waals surface area contributed by atoms with Crippen molar-refractivity contribution in [2.75, 3.05) is 0 Å². The summed E-state index contributed by atoms with van der Waals surface area (Å²) >= 11 is 6.20. The van der Waals surface area contributed by atoms with Gasteiger partial charge in [-0.05, 0) is 20.3 Å². The molecule has 0 nitrogen and oxygen atoms in total. The zero-order valence-electron chi connectivity index (χ0n) is 16.6. The highest BCUT2D eigenvalue weighted by Gasteiger charge is 2.11. The van der Waals surface area contributed by atoms with Gasteiger partial charge in [0.1, 0.15) is 0 Å². The maximum absolute atomic E-state index is 6.20. The molecular formula is C22H45Cl. The van der Waals surface area contributed by atoms with Crippen LogP contribution in [0.1, 0.15) is 136 Å². The third-order valence-corrected chi connectivity index (χ3v) is 5.06. The third kappa shape index (κ3) is 22.3. The molecule has 23 heavy (non-hydrogen) atoms. The van der Waals surface area contributed by atoms with Gasteiger partial charge in [0.25, 0.3) is 0 Å². The van der Waals surface area contributed by atoms with Crippen LogP contribution in [0.15, 0.2) is 0 Å². The van der Waals surface area contributed by atoms with E-state index in [0.717, 1.165) is 6.42 Å². The average Bonchev–Trinajstić information content (AvgIpc) is 2.49. The Kier molecular flexibility index (Phi) is 17.3. The molecule has 0 aromatic heterocycles. The fraction of sp³-hybridized carbons (Fsp3) is 1.00. The van der Waals surface area contributed by atoms with Crippen LogP contribution in [0.25, 0.3) is 0 Å². The highest BCUT2D eigenvalue weighted by Crippen LogP contribution is 2.21. The van der Waals surface area contributed by atoms with E-state index in [1.807, 2.05) is 0 Å². The zero-order valence-corrected chi connectivity index (χ0v) is 17.4. The maximum atomic E-state index is 6.20. The molecule has 0 rings (SSSR count). The lowest BCUT2D eigenvalue weighted by molar-refractivity contribution is 0.513. The molecule has 0 saturated heterocycles. The molecule has 0 aliphatic rings. The minimum Gasteiger partial charge on any atom is -0.120 e. The van der Waals surface area contributed by atoms with E-state index in [-0.39, 0.29) is 4.87 Å². The normalized spacial score (nSPS) is 12.0. The number of unbranched alkanes of at least 4 members (excludes halogenated alkanes) is 16. The summed E-state index contributed by atoms with van der Waals surface area (Å²) in [4.78, 5) is 0.00943. The van der Waals surface area contributed by atoms with Crippen LogP contribution >= 0.6 is 11.6 Å². The fourth-order valence-electron chi connectivity index (χ4n) is 3.27. The topological polar surface area (TPSA) is 0 Å². The molecule has 0 unspecified atom stereocenters. The molecule has 140 valence electrons. The molecule has 0 aliphatic carbocycles. The van der Waals surface area contributed by atoms with E-state index in [0.29, 0.717) is 0 Å². The quantitative estimate of drug-likeness (QED) is 0.172. The molecule has 0 aromatic rings. The van der Waals surface area contributed by atoms with Gasteiger partial charge >= 0.3 is 0 Å². The Balaban J connectivity index is 3.00. The minimum atomic E-state index is 0.00943. The van der Waals surface area contributed by atoms with Gasteiger partial charge in [-0.15, -0.1) is 11.6 Å². The van der Waals surface area contributed by atoms with E-state index >= 15 is 0 Å². The summed E-state index contributed by atoms with van der Waals surface area (Å²) in [6, 6.07) is 0. The second-order valence-electron chi connectivity index (χ2n) is 8.13. The van der Waals surface area contributed by atoms with Crippen LogP contribution in [-0.4, -0.2) is 4.87 Å². The maximum Gasteiger partial charge on any atom is 0.0390 e. The summed E-state index contributed by atoms with van der Waals surface area (Å²) < 4.78 is 0. The van der Waals surface area contributed by atoms with Crippen LogP contribution in [0.5, 0.6) is 0 Å². The largest absolute Gasteiger partial charge is 0.120 e. The van der Waals surface area contributed by atoms with Gasteiger partial charge in [0.2, 0.25) is 0 Å². The minimum absolute atomic E-state index is 0.00943. The number of hydrogen-bond donors (Lipinski definition) is 0. The lowest BCUT2D eigenvalue weighted by Crippen LogP contribution is -2.08. The Hall–Kier alpha value is 0.290. The van der Waals surface area contributed by atoms with Crippen molar-refractivity contribution in [2.24, 2.45) is 0 Å². The van der Waals surface area contributed by atoms with E-state index < -0.39 is 0 Å². The molecule has 0 N–H and O–H groups in total. The predicted octanol–water partition coefficient (Wildman–Crippen LogP) is 9.05. The Morgan fingerprint density at radius 2 is 0.739 bits per heavy atom. The van der Waals surface area contributed by atoms with Gasteiger partial charge in [-0.3, -0.25) is 0 Å². The van der Waals surface area contributed by atoms with Crippen LogP contribution in [0.2, 0.25) is 0 Å². The van der Waals surface area contributed by atoms with E-state index in [9.17, 15) is 0 Å². The van der Waals surface area contributed by atoms with Gasteiger partial charge in [-0.1, -0.05) is 116 Å². The monoisotopic (exact) mass is 344 g/mol. The van der Waals surface area contributed by atoms with Crippen molar-refractivity contribution in [1.29, 1.82) is 0 Å². The van der Waals surface area contributed by atoms with Crippen molar-refractivity contribution >= 4 is 11.6 Å². The highest BCUT2D eigenvalue weighted by molar-refractivity contribution is 6.23. The summed E-state index contributed by atoms with van der Waals surface area (Å²) in [5.74, 6) is 0. The Labute approximate surface area is 153 Å². The lowest BCUT2D eigenvalue weighted by atomic mass is 10.0. The molecule has 1 heteroatoms. The highest BCUT2D eigenvalue weighted by atomic mass is 35.5. The van der Waals surface area contributed by atoms with Crippen molar-refractivity contribution in [2.45, 2.75) is 141 Å². The summed E-state index contributed by atoms with van der Waals surface area (Å²) in [7, 11) is 0. The van der Waals surface area contributed by atoms with Crippen LogP contribution < -0.4 is 0 Å². The number of rotatable bonds is 18. The van der Waals surface area contributed by atoms with Crippen molar-refractivity contribution in [1.82, 2.24) is 0 Å². The van der Waals surface area contributed by atoms with E-state index in [2.05, 4.69) is 20.8 Å². The fourth-order valence-corrected chi connectivity index (χ4v) is 3.40. The van der Waals surface area contributed by atoms with E-state index in [1.165, 1.54) is 109 Å². The molecule has 0 spiro atoms. The lowest BCUT2D eigenvalue weighted by Gasteiger charge is -2.14. The first-order valence-electron chi connectivity index (χ1n) is 10.7. The zero-order chi connectivity index (χ0) is 17.2. The SMILES string of the molecule is CCCCCCCCCCCCCCCCCCCC(C)(C)Cl. The van der Waals surface area contributed by atoms with Gasteiger partial charge in [0.15, 0.2) is 0 Å². The Morgan fingerprint density at radius 1 is 0.478 bits per heavy atom. The summed E-state index contributed by atoms with van der Waals surface area (Å²) in [5.41, 5.74) is 0. The Bertz CT molecular complexity index is 217. The number of halogens is 1. The number of alkyl halides is 1. The average molecular weight is 345 g/mol. The summed E-state index contributed by atoms with van der Waals surface area (Å²) in [5, 5.41) is 0. The van der Waals surface area contributed by atoms with Gasteiger partial charge in [-0.25, -0.2) is 0 Å². The molecule has 0 atom stereocenters. The van der Waals surface area contributed by atoms with E-state index in [4.69, 9.17) is 11.6 Å². The van der Waals surface area contributed by atoms with Crippen molar-refractivity contribution in [3.63, 3.8) is 0 Å². The van der Waals surface area contributed by atoms with Crippen LogP contribution in [0.3, 0.4) is 0 Å². The van der Waals surface area contributed by atoms with Crippen molar-refractivity contribution < 1.29 is 0 Å². The van der Waals surface area contributed by atoms with Gasteiger partial charge in [0.05, 0.1) is 0 Å². The first-order valence-corrected chi connectivity index (χ1v) is 11.1. The van der Waals surface area contributed by atoms with Gasteiger partial charge in [0, 0.05) is 4.87 Å². The Morgan fingerprint density at radius 3 is 1.00 bits per heavy atom. The summed E-state index contributed by atoms with van der Waals surface area (Å²) in [6.45, 7) is 6.55. The standard InChI is InChI=1S/C22H45Cl/c1-4-5-6-7-8-9-10-11-12-13-14-15-16-17-18-19-20-21-22(2,3)23/h4-21H2,1-3H3. The molecular weight excluding hydrogens is 300 g/mol. The molecule has 0 aromatic carbocycles. The van der Waals surface area contributed by atoms with Crippen LogP contribution in [0.4, 0.5) is 0 Å². The molecule has 0 radical (unpaired) electrons. The first kappa shape index (κ1) is 23.3. The number of hydrogen-bond acceptors (Lipinski definition) is 0. The van der Waals surface area contributed by atoms with Gasteiger partial charge in [-0.2, -0.15) is 0 Å². The third-order valence-electron chi connectivity index (χ3n) is 4.87. The summed E-state index contributed by atoms with van der Waals surface area (Å²) in [6.07, 6.45) is 25.6. The molecule has 0 heterocycles. The van der Waals surface area contributed by atoms with E-state index in [1.54, 1.807) is 0 Å². The molecule has 0 amide bonds. The van der Waals surface area contributed by atoms with Crippen molar-refractivity contribution in [3.05, 3.63) is 0 Å². The van der Waals surface area contributed by atoms with Crippen LogP contribution in [-0.2, 0) is 0 Å². The molecule has 0 saturated carbocycles.